The molecule has 0 saturated heterocycles. The lowest BCUT2D eigenvalue weighted by atomic mass is 10.2. The highest BCUT2D eigenvalue weighted by Crippen LogP contribution is 2.36. The second-order valence-electron chi connectivity index (χ2n) is 4.00. The number of rotatable bonds is 4. The minimum atomic E-state index is -0.572. The highest BCUT2D eigenvalue weighted by atomic mass is 79.9. The molecular weight excluding hydrogens is 362 g/mol. The van der Waals surface area contributed by atoms with Crippen molar-refractivity contribution >= 4 is 39.1 Å². The van der Waals surface area contributed by atoms with Gasteiger partial charge < -0.3 is 10.5 Å². The average Bonchev–Trinajstić information content (AvgIpc) is 2.37. The first-order valence-corrected chi connectivity index (χ1v) is 6.82. The summed E-state index contributed by atoms with van der Waals surface area (Å²) in [6.07, 6.45) is 0. The van der Waals surface area contributed by atoms with Gasteiger partial charge in [-0.3, -0.25) is 15.5 Å². The first-order chi connectivity index (χ1) is 9.90. The summed E-state index contributed by atoms with van der Waals surface area (Å²) in [5.74, 6) is -0.0162. The van der Waals surface area contributed by atoms with E-state index >= 15 is 0 Å². The van der Waals surface area contributed by atoms with Crippen LogP contribution in [0.2, 0.25) is 5.02 Å². The van der Waals surface area contributed by atoms with Gasteiger partial charge in [-0.2, -0.15) is 0 Å². The van der Waals surface area contributed by atoms with Crippen LogP contribution >= 0.6 is 27.5 Å². The van der Waals surface area contributed by atoms with Crippen molar-refractivity contribution < 1.29 is 9.66 Å². The third kappa shape index (κ3) is 3.32. The van der Waals surface area contributed by atoms with Crippen LogP contribution in [0.3, 0.4) is 0 Å². The van der Waals surface area contributed by atoms with Crippen molar-refractivity contribution in [3.8, 4) is 11.5 Å². The number of nitrogens with zero attached hydrogens (tertiary/aromatic N) is 1. The number of nitrogens with one attached hydrogen (secondary N) is 1. The van der Waals surface area contributed by atoms with E-state index in [1.807, 2.05) is 0 Å². The molecule has 2 aromatic carbocycles. The number of nitrogens with two attached hydrogens (primary N) is 1. The average molecular weight is 371 g/mol. The number of nitrogen functional groups attached to an aromatic ring is 1. The molecule has 0 heterocycles. The number of nitro groups is 1. The van der Waals surface area contributed by atoms with Gasteiger partial charge in [0.25, 0.3) is 0 Å². The normalized spacial score (nSPS) is 10.2. The van der Waals surface area contributed by atoms with E-state index in [4.69, 9.17) is 27.5 Å². The third-order valence-corrected chi connectivity index (χ3v) is 3.48. The number of halogens is 2. The van der Waals surface area contributed by atoms with Crippen molar-refractivity contribution in [3.63, 3.8) is 0 Å². The SMILES string of the molecule is N=C(N)c1c(Br)cccc1Oc1cc(Cl)ccc1[N+](=O)[O-]. The van der Waals surface area contributed by atoms with Crippen LogP contribution in [0.15, 0.2) is 40.9 Å². The Balaban J connectivity index is 2.53. The molecule has 0 spiro atoms. The standard InChI is InChI=1S/C13H9BrClN3O3/c14-8-2-1-3-10(12(8)13(16)17)21-11-6-7(15)4-5-9(11)18(19)20/h1-6H,(H3,16,17). The van der Waals surface area contributed by atoms with E-state index in [9.17, 15) is 10.1 Å². The van der Waals surface area contributed by atoms with Crippen molar-refractivity contribution in [3.05, 3.63) is 61.6 Å². The highest BCUT2D eigenvalue weighted by molar-refractivity contribution is 9.10. The highest BCUT2D eigenvalue weighted by Gasteiger charge is 2.19. The number of hydrogen-bond donors (Lipinski definition) is 2. The zero-order valence-electron chi connectivity index (χ0n) is 10.5. The molecule has 8 heteroatoms. The molecule has 3 N–H and O–H groups in total. The molecule has 0 aliphatic heterocycles. The summed E-state index contributed by atoms with van der Waals surface area (Å²) in [6.45, 7) is 0. The second-order valence-corrected chi connectivity index (χ2v) is 5.29. The molecule has 2 aromatic rings. The molecule has 0 atom stereocenters. The first-order valence-electron chi connectivity index (χ1n) is 5.65. The summed E-state index contributed by atoms with van der Waals surface area (Å²) >= 11 is 9.10. The predicted octanol–water partition coefficient (Wildman–Crippen LogP) is 4.09. The van der Waals surface area contributed by atoms with E-state index in [0.717, 1.165) is 0 Å². The van der Waals surface area contributed by atoms with E-state index in [0.29, 0.717) is 15.1 Å². The third-order valence-electron chi connectivity index (χ3n) is 2.58. The summed E-state index contributed by atoms with van der Waals surface area (Å²) in [5.41, 5.74) is 5.59. The van der Waals surface area contributed by atoms with Crippen LogP contribution in [0.25, 0.3) is 0 Å². The Labute approximate surface area is 133 Å². The van der Waals surface area contributed by atoms with Gasteiger partial charge in [-0.25, -0.2) is 0 Å². The van der Waals surface area contributed by atoms with Crippen LogP contribution in [0.1, 0.15) is 5.56 Å². The topological polar surface area (TPSA) is 102 Å². The van der Waals surface area contributed by atoms with Gasteiger partial charge in [-0.05, 0) is 34.1 Å². The maximum atomic E-state index is 11.0. The smallest absolute Gasteiger partial charge is 0.311 e. The maximum Gasteiger partial charge on any atom is 0.311 e. The lowest BCUT2D eigenvalue weighted by Gasteiger charge is -2.12. The van der Waals surface area contributed by atoms with Crippen LogP contribution in [0, 0.1) is 15.5 Å². The molecule has 0 radical (unpaired) electrons. The van der Waals surface area contributed by atoms with E-state index in [-0.39, 0.29) is 23.0 Å². The summed E-state index contributed by atoms with van der Waals surface area (Å²) in [4.78, 5) is 10.4. The number of amidine groups is 1. The van der Waals surface area contributed by atoms with E-state index in [2.05, 4.69) is 15.9 Å². The van der Waals surface area contributed by atoms with Crippen LogP contribution in [0.4, 0.5) is 5.69 Å². The van der Waals surface area contributed by atoms with Gasteiger partial charge in [-0.15, -0.1) is 0 Å². The Morgan fingerprint density at radius 1 is 1.33 bits per heavy atom. The molecule has 0 amide bonds. The molecule has 6 nitrogen and oxygen atoms in total. The van der Waals surface area contributed by atoms with Gasteiger partial charge >= 0.3 is 5.69 Å². The monoisotopic (exact) mass is 369 g/mol. The zero-order valence-corrected chi connectivity index (χ0v) is 12.8. The summed E-state index contributed by atoms with van der Waals surface area (Å²) in [5, 5.41) is 18.9. The van der Waals surface area contributed by atoms with Crippen LogP contribution in [-0.4, -0.2) is 10.8 Å². The first kappa shape index (κ1) is 15.3. The van der Waals surface area contributed by atoms with E-state index in [1.165, 1.54) is 18.2 Å². The summed E-state index contributed by atoms with van der Waals surface area (Å²) in [6, 6.07) is 8.91. The van der Waals surface area contributed by atoms with Gasteiger partial charge in [0.2, 0.25) is 5.75 Å². The summed E-state index contributed by atoms with van der Waals surface area (Å²) in [7, 11) is 0. The maximum absolute atomic E-state index is 11.0. The number of ether oxygens (including phenoxy) is 1. The zero-order chi connectivity index (χ0) is 15.6. The fourth-order valence-corrected chi connectivity index (χ4v) is 2.41. The molecular formula is C13H9BrClN3O3. The molecule has 108 valence electrons. The van der Waals surface area contributed by atoms with Crippen molar-refractivity contribution in [1.29, 1.82) is 5.41 Å². The lowest BCUT2D eigenvalue weighted by Crippen LogP contribution is -2.13. The van der Waals surface area contributed by atoms with Crippen LogP contribution in [0.5, 0.6) is 11.5 Å². The van der Waals surface area contributed by atoms with Gasteiger partial charge in [0, 0.05) is 21.6 Å². The molecule has 0 saturated carbocycles. The number of hydrogen-bond acceptors (Lipinski definition) is 4. The van der Waals surface area contributed by atoms with Crippen molar-refractivity contribution in [1.82, 2.24) is 0 Å². The Morgan fingerprint density at radius 2 is 2.05 bits per heavy atom. The predicted molar refractivity (Wildman–Crippen MR) is 83.3 cm³/mol. The van der Waals surface area contributed by atoms with Crippen molar-refractivity contribution in [2.45, 2.75) is 0 Å². The van der Waals surface area contributed by atoms with Crippen molar-refractivity contribution in [2.24, 2.45) is 5.73 Å². The van der Waals surface area contributed by atoms with E-state index in [1.54, 1.807) is 18.2 Å². The van der Waals surface area contributed by atoms with Gasteiger partial charge in [0.15, 0.2) is 0 Å². The van der Waals surface area contributed by atoms with Crippen molar-refractivity contribution in [2.75, 3.05) is 0 Å². The summed E-state index contributed by atoms with van der Waals surface area (Å²) < 4.78 is 6.10. The van der Waals surface area contributed by atoms with Gasteiger partial charge in [-0.1, -0.05) is 17.7 Å². The quantitative estimate of drug-likeness (QED) is 0.366. The number of benzene rings is 2. The fraction of sp³-hybridized carbons (Fsp3) is 0. The molecule has 0 bridgehead atoms. The Hall–Kier alpha value is -2.12. The van der Waals surface area contributed by atoms with Crippen LogP contribution in [-0.2, 0) is 0 Å². The van der Waals surface area contributed by atoms with E-state index < -0.39 is 4.92 Å². The molecule has 0 aliphatic rings. The Morgan fingerprint density at radius 3 is 2.67 bits per heavy atom. The molecule has 0 fully saturated rings. The molecule has 0 aromatic heterocycles. The second kappa shape index (κ2) is 6.11. The molecule has 0 aliphatic carbocycles. The van der Waals surface area contributed by atoms with Crippen LogP contribution < -0.4 is 10.5 Å². The molecule has 2 rings (SSSR count). The lowest BCUT2D eigenvalue weighted by molar-refractivity contribution is -0.385. The Kier molecular flexibility index (Phi) is 4.44. The van der Waals surface area contributed by atoms with Gasteiger partial charge in [0.1, 0.15) is 11.6 Å². The minimum absolute atomic E-state index is 0.0203. The molecule has 0 unspecified atom stereocenters. The van der Waals surface area contributed by atoms with Gasteiger partial charge in [0.05, 0.1) is 10.5 Å². The largest absolute Gasteiger partial charge is 0.449 e. The minimum Gasteiger partial charge on any atom is -0.449 e. The Bertz CT molecular complexity index is 737. The number of nitro benzene ring substituents is 1. The fourth-order valence-electron chi connectivity index (χ4n) is 1.69. The molecule has 21 heavy (non-hydrogen) atoms.